The summed E-state index contributed by atoms with van der Waals surface area (Å²) in [5.41, 5.74) is 2.82. The average molecular weight is 280 g/mol. The molecule has 1 saturated carbocycles. The van der Waals surface area contributed by atoms with Crippen LogP contribution in [0.5, 0.6) is 0 Å². The van der Waals surface area contributed by atoms with Crippen LogP contribution in [-0.4, -0.2) is 10.3 Å². The van der Waals surface area contributed by atoms with Crippen molar-refractivity contribution in [2.75, 3.05) is 5.33 Å². The second-order valence-electron chi connectivity index (χ2n) is 4.47. The molecular formula is C14H18BrN. The van der Waals surface area contributed by atoms with E-state index in [1.807, 2.05) is 12.4 Å². The van der Waals surface area contributed by atoms with Gasteiger partial charge in [-0.3, -0.25) is 4.98 Å². The summed E-state index contributed by atoms with van der Waals surface area (Å²) in [6, 6.07) is 4.15. The molecule has 0 amide bonds. The van der Waals surface area contributed by atoms with E-state index in [9.17, 15) is 0 Å². The van der Waals surface area contributed by atoms with Crippen LogP contribution in [-0.2, 0) is 0 Å². The Morgan fingerprint density at radius 3 is 2.56 bits per heavy atom. The summed E-state index contributed by atoms with van der Waals surface area (Å²) in [4.78, 5) is 4.05. The monoisotopic (exact) mass is 279 g/mol. The summed E-state index contributed by atoms with van der Waals surface area (Å²) < 4.78 is 0. The lowest BCUT2D eigenvalue weighted by Gasteiger charge is -2.23. The van der Waals surface area contributed by atoms with E-state index in [2.05, 4.69) is 39.1 Å². The lowest BCUT2D eigenvalue weighted by Crippen LogP contribution is -2.10. The molecule has 0 aromatic carbocycles. The Kier molecular flexibility index (Phi) is 4.58. The van der Waals surface area contributed by atoms with Crippen molar-refractivity contribution >= 4 is 22.0 Å². The fourth-order valence-electron chi connectivity index (χ4n) is 2.41. The molecule has 1 aliphatic carbocycles. The molecule has 1 heterocycles. The third-order valence-corrected chi connectivity index (χ3v) is 3.99. The molecule has 2 rings (SSSR count). The normalized spacial score (nSPS) is 18.7. The number of hydrogen-bond acceptors (Lipinski definition) is 1. The molecule has 1 fully saturated rings. The zero-order chi connectivity index (χ0) is 11.2. The van der Waals surface area contributed by atoms with E-state index < -0.39 is 0 Å². The Hall–Kier alpha value is -0.630. The fraction of sp³-hybridized carbons (Fsp3) is 0.500. The Morgan fingerprint density at radius 2 is 1.94 bits per heavy atom. The van der Waals surface area contributed by atoms with Gasteiger partial charge in [0.05, 0.1) is 0 Å². The predicted molar refractivity (Wildman–Crippen MR) is 72.6 cm³/mol. The van der Waals surface area contributed by atoms with Crippen molar-refractivity contribution in [3.8, 4) is 0 Å². The number of pyridine rings is 1. The summed E-state index contributed by atoms with van der Waals surface area (Å²) >= 11 is 3.62. The van der Waals surface area contributed by atoms with Crippen LogP contribution >= 0.6 is 15.9 Å². The molecule has 1 nitrogen and oxygen atoms in total. The second-order valence-corrected chi connectivity index (χ2v) is 5.03. The second kappa shape index (κ2) is 6.19. The first-order valence-corrected chi connectivity index (χ1v) is 7.19. The topological polar surface area (TPSA) is 12.9 Å². The maximum absolute atomic E-state index is 4.05. The van der Waals surface area contributed by atoms with Crippen molar-refractivity contribution in [2.24, 2.45) is 5.92 Å². The van der Waals surface area contributed by atoms with Crippen LogP contribution in [0.1, 0.15) is 37.7 Å². The van der Waals surface area contributed by atoms with E-state index >= 15 is 0 Å². The average Bonchev–Trinajstić information content (AvgIpc) is 2.38. The zero-order valence-electron chi connectivity index (χ0n) is 9.53. The molecule has 0 spiro atoms. The van der Waals surface area contributed by atoms with E-state index in [-0.39, 0.29) is 0 Å². The third kappa shape index (κ3) is 3.18. The van der Waals surface area contributed by atoms with Gasteiger partial charge < -0.3 is 0 Å². The molecule has 1 aromatic rings. The van der Waals surface area contributed by atoms with Crippen molar-refractivity contribution in [1.82, 2.24) is 4.98 Å². The highest BCUT2D eigenvalue weighted by atomic mass is 79.9. The van der Waals surface area contributed by atoms with E-state index in [1.165, 1.54) is 37.7 Å². The summed E-state index contributed by atoms with van der Waals surface area (Å²) in [5.74, 6) is 0.793. The van der Waals surface area contributed by atoms with Crippen LogP contribution in [0.4, 0.5) is 0 Å². The van der Waals surface area contributed by atoms with Gasteiger partial charge in [0.25, 0.3) is 0 Å². The highest BCUT2D eigenvalue weighted by Gasteiger charge is 2.16. The summed E-state index contributed by atoms with van der Waals surface area (Å²) in [6.07, 6.45) is 13.0. The maximum atomic E-state index is 4.05. The van der Waals surface area contributed by atoms with E-state index in [0.29, 0.717) is 0 Å². The lowest BCUT2D eigenvalue weighted by molar-refractivity contribution is 0.405. The van der Waals surface area contributed by atoms with E-state index in [1.54, 1.807) is 5.57 Å². The number of rotatable bonds is 3. The predicted octanol–water partition coefficient (Wildman–Crippen LogP) is 4.44. The smallest absolute Gasteiger partial charge is 0.0273 e. The van der Waals surface area contributed by atoms with Gasteiger partial charge in [-0.2, -0.15) is 0 Å². The van der Waals surface area contributed by atoms with E-state index in [0.717, 1.165) is 11.2 Å². The third-order valence-electron chi connectivity index (χ3n) is 3.34. The zero-order valence-corrected chi connectivity index (χ0v) is 11.1. The number of hydrogen-bond donors (Lipinski definition) is 0. The first kappa shape index (κ1) is 11.8. The van der Waals surface area contributed by atoms with Gasteiger partial charge in [-0.05, 0) is 36.5 Å². The Morgan fingerprint density at radius 1 is 1.25 bits per heavy atom. The van der Waals surface area contributed by atoms with Crippen LogP contribution in [0.2, 0.25) is 0 Å². The molecule has 0 N–H and O–H groups in total. The quantitative estimate of drug-likeness (QED) is 0.746. The van der Waals surface area contributed by atoms with Gasteiger partial charge in [-0.15, -0.1) is 0 Å². The Bertz CT molecular complexity index is 339. The molecule has 16 heavy (non-hydrogen) atoms. The van der Waals surface area contributed by atoms with Gasteiger partial charge in [0, 0.05) is 17.7 Å². The molecule has 0 aliphatic heterocycles. The van der Waals surface area contributed by atoms with Gasteiger partial charge in [-0.25, -0.2) is 0 Å². The SMILES string of the molecule is BrCC(=Cc1ccncc1)C1CCCCC1. The molecule has 0 unspecified atom stereocenters. The minimum absolute atomic E-state index is 0.793. The Labute approximate surface area is 106 Å². The molecule has 0 atom stereocenters. The molecule has 1 aliphatic rings. The van der Waals surface area contributed by atoms with Crippen LogP contribution in [0.25, 0.3) is 6.08 Å². The molecular weight excluding hydrogens is 262 g/mol. The maximum Gasteiger partial charge on any atom is 0.0273 e. The van der Waals surface area contributed by atoms with Crippen LogP contribution in [0.15, 0.2) is 30.1 Å². The molecule has 0 bridgehead atoms. The molecule has 86 valence electrons. The first-order valence-electron chi connectivity index (χ1n) is 6.06. The number of allylic oxidation sites excluding steroid dienone is 1. The largest absolute Gasteiger partial charge is 0.265 e. The standard InChI is InChI=1S/C14H18BrN/c15-11-14(13-4-2-1-3-5-13)10-12-6-8-16-9-7-12/h6-10,13H,1-5,11H2. The van der Waals surface area contributed by atoms with E-state index in [4.69, 9.17) is 0 Å². The van der Waals surface area contributed by atoms with Crippen molar-refractivity contribution in [1.29, 1.82) is 0 Å². The molecule has 0 radical (unpaired) electrons. The van der Waals surface area contributed by atoms with Gasteiger partial charge >= 0.3 is 0 Å². The van der Waals surface area contributed by atoms with Gasteiger partial charge in [0.1, 0.15) is 0 Å². The number of halogens is 1. The number of alkyl halides is 1. The molecule has 0 saturated heterocycles. The van der Waals surface area contributed by atoms with Crippen molar-refractivity contribution in [2.45, 2.75) is 32.1 Å². The van der Waals surface area contributed by atoms with Crippen molar-refractivity contribution < 1.29 is 0 Å². The lowest BCUT2D eigenvalue weighted by atomic mass is 9.84. The summed E-state index contributed by atoms with van der Waals surface area (Å²) in [5, 5.41) is 1.000. The number of nitrogens with zero attached hydrogens (tertiary/aromatic N) is 1. The van der Waals surface area contributed by atoms with Crippen molar-refractivity contribution in [3.63, 3.8) is 0 Å². The van der Waals surface area contributed by atoms with Gasteiger partial charge in [-0.1, -0.05) is 46.8 Å². The number of aromatic nitrogens is 1. The fourth-order valence-corrected chi connectivity index (χ4v) is 3.03. The summed E-state index contributed by atoms with van der Waals surface area (Å²) in [7, 11) is 0. The highest BCUT2D eigenvalue weighted by Crippen LogP contribution is 2.31. The van der Waals surface area contributed by atoms with Gasteiger partial charge in [0.2, 0.25) is 0 Å². The van der Waals surface area contributed by atoms with Gasteiger partial charge in [0.15, 0.2) is 0 Å². The Balaban J connectivity index is 2.12. The first-order chi connectivity index (χ1) is 7.90. The van der Waals surface area contributed by atoms with Crippen LogP contribution in [0, 0.1) is 5.92 Å². The molecule has 1 aromatic heterocycles. The highest BCUT2D eigenvalue weighted by molar-refractivity contribution is 9.09. The molecule has 2 heteroatoms. The summed E-state index contributed by atoms with van der Waals surface area (Å²) in [6.45, 7) is 0. The minimum atomic E-state index is 0.793. The van der Waals surface area contributed by atoms with Crippen LogP contribution in [0.3, 0.4) is 0 Å². The van der Waals surface area contributed by atoms with Crippen molar-refractivity contribution in [3.05, 3.63) is 35.7 Å². The minimum Gasteiger partial charge on any atom is -0.265 e. The van der Waals surface area contributed by atoms with Crippen LogP contribution < -0.4 is 0 Å².